The van der Waals surface area contributed by atoms with E-state index in [9.17, 15) is 14.4 Å². The van der Waals surface area contributed by atoms with Crippen molar-refractivity contribution in [2.24, 2.45) is 5.92 Å². The number of esters is 3. The van der Waals surface area contributed by atoms with Gasteiger partial charge in [0.15, 0.2) is 6.10 Å². The molecule has 0 amide bonds. The van der Waals surface area contributed by atoms with E-state index in [4.69, 9.17) is 14.2 Å². The molecule has 0 aliphatic rings. The summed E-state index contributed by atoms with van der Waals surface area (Å²) in [7, 11) is 0. The normalized spacial score (nSPS) is 11.9. The fourth-order valence-electron chi connectivity index (χ4n) is 6.10. The van der Waals surface area contributed by atoms with Gasteiger partial charge < -0.3 is 14.2 Å². The SMILES string of the molecule is CCCCCCCCCCCCCCCC(=O)OC[C@H](COC(=O)CCCCCCCCC)OC(=O)CCCCCCCCCC(C)C. The van der Waals surface area contributed by atoms with Crippen LogP contribution in [0.1, 0.15) is 227 Å². The van der Waals surface area contributed by atoms with Gasteiger partial charge in [-0.3, -0.25) is 14.4 Å². The zero-order chi connectivity index (χ0) is 35.3. The molecule has 0 heterocycles. The average Bonchev–Trinajstić information content (AvgIpc) is 3.06. The third-order valence-corrected chi connectivity index (χ3v) is 9.29. The zero-order valence-electron chi connectivity index (χ0n) is 32.4. The Kier molecular flexibility index (Phi) is 35.5. The zero-order valence-corrected chi connectivity index (χ0v) is 32.4. The monoisotopic (exact) mass is 681 g/mol. The van der Waals surface area contributed by atoms with Crippen LogP contribution in [0, 0.1) is 5.92 Å². The minimum Gasteiger partial charge on any atom is -0.462 e. The maximum atomic E-state index is 12.6. The predicted octanol–water partition coefficient (Wildman–Crippen LogP) is 12.8. The molecule has 0 unspecified atom stereocenters. The van der Waals surface area contributed by atoms with Crippen molar-refractivity contribution in [1.29, 1.82) is 0 Å². The van der Waals surface area contributed by atoms with Crippen LogP contribution in [0.4, 0.5) is 0 Å². The Morgan fingerprint density at radius 2 is 0.688 bits per heavy atom. The highest BCUT2D eigenvalue weighted by Gasteiger charge is 2.19. The van der Waals surface area contributed by atoms with Crippen LogP contribution in [0.15, 0.2) is 0 Å². The molecule has 0 saturated heterocycles. The fourth-order valence-corrected chi connectivity index (χ4v) is 6.10. The van der Waals surface area contributed by atoms with Crippen molar-refractivity contribution in [1.82, 2.24) is 0 Å². The first-order valence-electron chi connectivity index (χ1n) is 20.9. The number of carbonyl (C=O) groups is 3. The Hall–Kier alpha value is -1.59. The van der Waals surface area contributed by atoms with E-state index in [0.29, 0.717) is 19.3 Å². The van der Waals surface area contributed by atoms with Crippen LogP contribution in [-0.2, 0) is 28.6 Å². The lowest BCUT2D eigenvalue weighted by Gasteiger charge is -2.18. The van der Waals surface area contributed by atoms with Gasteiger partial charge in [0.2, 0.25) is 0 Å². The van der Waals surface area contributed by atoms with Gasteiger partial charge in [-0.15, -0.1) is 0 Å². The second kappa shape index (κ2) is 36.7. The molecule has 0 N–H and O–H groups in total. The molecule has 0 radical (unpaired) electrons. The fraction of sp³-hybridized carbons (Fsp3) is 0.929. The maximum Gasteiger partial charge on any atom is 0.306 e. The molecule has 48 heavy (non-hydrogen) atoms. The smallest absolute Gasteiger partial charge is 0.306 e. The second-order valence-electron chi connectivity index (χ2n) is 14.7. The highest BCUT2D eigenvalue weighted by Crippen LogP contribution is 2.15. The quantitative estimate of drug-likeness (QED) is 0.0369. The van der Waals surface area contributed by atoms with E-state index in [1.165, 1.54) is 122 Å². The predicted molar refractivity (Wildman–Crippen MR) is 201 cm³/mol. The van der Waals surface area contributed by atoms with Crippen LogP contribution >= 0.6 is 0 Å². The highest BCUT2D eigenvalue weighted by molar-refractivity contribution is 5.71. The summed E-state index contributed by atoms with van der Waals surface area (Å²) in [5, 5.41) is 0. The molecule has 0 aliphatic carbocycles. The summed E-state index contributed by atoms with van der Waals surface area (Å²) < 4.78 is 16.6. The molecule has 0 aromatic carbocycles. The lowest BCUT2D eigenvalue weighted by atomic mass is 10.0. The summed E-state index contributed by atoms with van der Waals surface area (Å²) in [4.78, 5) is 37.4. The molecule has 0 saturated carbocycles. The van der Waals surface area contributed by atoms with Crippen molar-refractivity contribution in [2.45, 2.75) is 233 Å². The van der Waals surface area contributed by atoms with Gasteiger partial charge in [0.1, 0.15) is 13.2 Å². The van der Waals surface area contributed by atoms with Gasteiger partial charge in [-0.25, -0.2) is 0 Å². The van der Waals surface area contributed by atoms with Crippen LogP contribution in [0.25, 0.3) is 0 Å². The van der Waals surface area contributed by atoms with E-state index in [1.54, 1.807) is 0 Å². The Balaban J connectivity index is 4.29. The first-order chi connectivity index (χ1) is 23.4. The van der Waals surface area contributed by atoms with E-state index in [1.807, 2.05) is 0 Å². The van der Waals surface area contributed by atoms with Crippen molar-refractivity contribution in [3.05, 3.63) is 0 Å². The van der Waals surface area contributed by atoms with E-state index >= 15 is 0 Å². The number of carbonyl (C=O) groups excluding carboxylic acids is 3. The van der Waals surface area contributed by atoms with E-state index in [2.05, 4.69) is 27.7 Å². The molecule has 6 heteroatoms. The van der Waals surface area contributed by atoms with Gasteiger partial charge in [0.05, 0.1) is 0 Å². The van der Waals surface area contributed by atoms with Gasteiger partial charge in [-0.2, -0.15) is 0 Å². The Bertz CT molecular complexity index is 721. The molecule has 0 aliphatic heterocycles. The minimum atomic E-state index is -0.757. The molecule has 0 spiro atoms. The summed E-state index contributed by atoms with van der Waals surface area (Å²) in [5.74, 6) is -0.0909. The van der Waals surface area contributed by atoms with Crippen LogP contribution < -0.4 is 0 Å². The third kappa shape index (κ3) is 35.7. The van der Waals surface area contributed by atoms with E-state index in [0.717, 1.165) is 63.7 Å². The number of rotatable bonds is 37. The molecular formula is C42H80O6. The molecular weight excluding hydrogens is 600 g/mol. The van der Waals surface area contributed by atoms with Gasteiger partial charge in [-0.05, 0) is 25.2 Å². The van der Waals surface area contributed by atoms with Crippen molar-refractivity contribution in [2.75, 3.05) is 13.2 Å². The maximum absolute atomic E-state index is 12.6. The third-order valence-electron chi connectivity index (χ3n) is 9.29. The standard InChI is InChI=1S/C42H80O6/c1-5-7-9-11-13-14-15-16-17-18-22-26-30-34-41(44)47-37-39(36-46-40(43)33-29-25-20-12-10-8-6-2)48-42(45)35-31-27-23-19-21-24-28-32-38(3)4/h38-39H,5-37H2,1-4H3/t39-/m0/s1. The topological polar surface area (TPSA) is 78.9 Å². The Labute approximate surface area is 298 Å². The first-order valence-corrected chi connectivity index (χ1v) is 20.9. The first kappa shape index (κ1) is 46.4. The highest BCUT2D eigenvalue weighted by atomic mass is 16.6. The van der Waals surface area contributed by atoms with Crippen LogP contribution in [-0.4, -0.2) is 37.2 Å². The largest absolute Gasteiger partial charge is 0.462 e. The lowest BCUT2D eigenvalue weighted by Crippen LogP contribution is -2.30. The van der Waals surface area contributed by atoms with Crippen molar-refractivity contribution in [3.8, 4) is 0 Å². The van der Waals surface area contributed by atoms with Gasteiger partial charge in [-0.1, -0.05) is 188 Å². The van der Waals surface area contributed by atoms with Gasteiger partial charge in [0, 0.05) is 19.3 Å². The molecule has 0 aromatic heterocycles. The lowest BCUT2D eigenvalue weighted by molar-refractivity contribution is -0.167. The summed E-state index contributed by atoms with van der Waals surface area (Å²) in [6.07, 6.45) is 33.9. The summed E-state index contributed by atoms with van der Waals surface area (Å²) >= 11 is 0. The number of unbranched alkanes of at least 4 members (excludes halogenated alkanes) is 24. The average molecular weight is 681 g/mol. The number of hydrogen-bond acceptors (Lipinski definition) is 6. The van der Waals surface area contributed by atoms with Crippen LogP contribution in [0.5, 0.6) is 0 Å². The summed E-state index contributed by atoms with van der Waals surface area (Å²) in [6.45, 7) is 8.89. The van der Waals surface area contributed by atoms with Crippen molar-refractivity contribution in [3.63, 3.8) is 0 Å². The Morgan fingerprint density at radius 1 is 0.396 bits per heavy atom. The van der Waals surface area contributed by atoms with Crippen LogP contribution in [0.3, 0.4) is 0 Å². The van der Waals surface area contributed by atoms with Gasteiger partial charge in [0.25, 0.3) is 0 Å². The van der Waals surface area contributed by atoms with E-state index in [-0.39, 0.29) is 31.1 Å². The second-order valence-corrected chi connectivity index (χ2v) is 14.7. The summed E-state index contributed by atoms with van der Waals surface area (Å²) in [6, 6.07) is 0. The Morgan fingerprint density at radius 3 is 1.02 bits per heavy atom. The molecule has 0 rings (SSSR count). The van der Waals surface area contributed by atoms with E-state index < -0.39 is 6.10 Å². The molecule has 0 fully saturated rings. The minimum absolute atomic E-state index is 0.0654. The van der Waals surface area contributed by atoms with Crippen LogP contribution in [0.2, 0.25) is 0 Å². The molecule has 1 atom stereocenters. The molecule has 6 nitrogen and oxygen atoms in total. The van der Waals surface area contributed by atoms with Crippen molar-refractivity contribution >= 4 is 17.9 Å². The summed E-state index contributed by atoms with van der Waals surface area (Å²) in [5.41, 5.74) is 0. The number of hydrogen-bond donors (Lipinski definition) is 0. The number of ether oxygens (including phenoxy) is 3. The molecule has 0 bridgehead atoms. The van der Waals surface area contributed by atoms with Gasteiger partial charge >= 0.3 is 17.9 Å². The van der Waals surface area contributed by atoms with Crippen molar-refractivity contribution < 1.29 is 28.6 Å². The molecule has 0 aromatic rings. The molecule has 284 valence electrons.